The number of ether oxygens (including phenoxy) is 1. The van der Waals surface area contributed by atoms with Gasteiger partial charge in [0.15, 0.2) is 0 Å². The standard InChI is InChI=1S/C25H19N3O3/c1-15-10-11-22-19(12-15)20(24(29)27-22)14-23-26-21-9-4-3-8-18(21)25(30)28(23)16-6-5-7-17(13-16)31-2/h3-14H,1-2H3,(H,27,29)/b20-14+. The first-order chi connectivity index (χ1) is 15.0. The van der Waals surface area contributed by atoms with Crippen LogP contribution in [0.1, 0.15) is 17.0 Å². The number of aryl methyl sites for hydroxylation is 1. The summed E-state index contributed by atoms with van der Waals surface area (Å²) >= 11 is 0. The molecule has 6 nitrogen and oxygen atoms in total. The van der Waals surface area contributed by atoms with Crippen LogP contribution in [-0.4, -0.2) is 22.6 Å². The van der Waals surface area contributed by atoms with Gasteiger partial charge in [-0.15, -0.1) is 0 Å². The van der Waals surface area contributed by atoms with Crippen molar-refractivity contribution in [3.63, 3.8) is 0 Å². The fourth-order valence-corrected chi connectivity index (χ4v) is 3.82. The van der Waals surface area contributed by atoms with Crippen LogP contribution in [0, 0.1) is 6.92 Å². The second-order valence-corrected chi connectivity index (χ2v) is 7.39. The van der Waals surface area contributed by atoms with E-state index < -0.39 is 0 Å². The Bertz CT molecular complexity index is 1450. The number of aromatic nitrogens is 2. The van der Waals surface area contributed by atoms with Gasteiger partial charge in [-0.2, -0.15) is 0 Å². The average molecular weight is 409 g/mol. The second-order valence-electron chi connectivity index (χ2n) is 7.39. The molecule has 31 heavy (non-hydrogen) atoms. The van der Waals surface area contributed by atoms with E-state index in [9.17, 15) is 9.59 Å². The smallest absolute Gasteiger partial charge is 0.266 e. The fraction of sp³-hybridized carbons (Fsp3) is 0.0800. The lowest BCUT2D eigenvalue weighted by atomic mass is 10.0. The Hall–Kier alpha value is -4.19. The van der Waals surface area contributed by atoms with Gasteiger partial charge in [-0.25, -0.2) is 4.98 Å². The Kier molecular flexibility index (Phi) is 4.40. The predicted octanol–water partition coefficient (Wildman–Crippen LogP) is 4.20. The first kappa shape index (κ1) is 18.8. The Balaban J connectivity index is 1.81. The van der Waals surface area contributed by atoms with E-state index in [0.717, 1.165) is 16.8 Å². The molecule has 1 aliphatic rings. The van der Waals surface area contributed by atoms with E-state index in [2.05, 4.69) is 5.32 Å². The number of amides is 1. The molecule has 1 amide bonds. The summed E-state index contributed by atoms with van der Waals surface area (Å²) in [7, 11) is 1.57. The number of methoxy groups -OCH3 is 1. The maximum absolute atomic E-state index is 13.5. The number of carbonyl (C=O) groups excluding carboxylic acids is 1. The molecule has 6 heteroatoms. The minimum Gasteiger partial charge on any atom is -0.497 e. The van der Waals surface area contributed by atoms with Crippen LogP contribution in [0.5, 0.6) is 5.75 Å². The van der Waals surface area contributed by atoms with Gasteiger partial charge < -0.3 is 10.1 Å². The molecule has 1 N–H and O–H groups in total. The Morgan fingerprint density at radius 2 is 1.84 bits per heavy atom. The van der Waals surface area contributed by atoms with E-state index in [1.54, 1.807) is 31.4 Å². The van der Waals surface area contributed by atoms with Crippen molar-refractivity contribution in [1.29, 1.82) is 0 Å². The van der Waals surface area contributed by atoms with Gasteiger partial charge in [0.1, 0.15) is 11.6 Å². The molecule has 2 heterocycles. The molecule has 5 rings (SSSR count). The zero-order valence-electron chi connectivity index (χ0n) is 17.0. The lowest BCUT2D eigenvalue weighted by Crippen LogP contribution is -2.22. The molecule has 4 aromatic rings. The third-order valence-corrected chi connectivity index (χ3v) is 5.34. The summed E-state index contributed by atoms with van der Waals surface area (Å²) in [6.45, 7) is 1.97. The monoisotopic (exact) mass is 409 g/mol. The van der Waals surface area contributed by atoms with Crippen LogP contribution in [-0.2, 0) is 4.79 Å². The summed E-state index contributed by atoms with van der Waals surface area (Å²) < 4.78 is 6.85. The molecular formula is C25H19N3O3. The van der Waals surface area contributed by atoms with Gasteiger partial charge in [0, 0.05) is 17.3 Å². The molecule has 0 fully saturated rings. The van der Waals surface area contributed by atoms with E-state index in [1.807, 2.05) is 55.5 Å². The van der Waals surface area contributed by atoms with Crippen molar-refractivity contribution < 1.29 is 9.53 Å². The van der Waals surface area contributed by atoms with Crippen LogP contribution in [0.25, 0.3) is 28.2 Å². The number of hydrogen-bond acceptors (Lipinski definition) is 4. The van der Waals surface area contributed by atoms with Gasteiger partial charge in [-0.05, 0) is 49.4 Å². The van der Waals surface area contributed by atoms with Crippen LogP contribution in [0.2, 0.25) is 0 Å². The summed E-state index contributed by atoms with van der Waals surface area (Å²) in [5.74, 6) is 0.771. The van der Waals surface area contributed by atoms with Crippen LogP contribution in [0.15, 0.2) is 71.5 Å². The van der Waals surface area contributed by atoms with Crippen molar-refractivity contribution in [1.82, 2.24) is 9.55 Å². The van der Waals surface area contributed by atoms with E-state index in [-0.39, 0.29) is 11.5 Å². The first-order valence-corrected chi connectivity index (χ1v) is 9.85. The van der Waals surface area contributed by atoms with Crippen molar-refractivity contribution in [3.05, 3.63) is 94.0 Å². The number of benzene rings is 3. The minimum atomic E-state index is -0.222. The number of hydrogen-bond donors (Lipinski definition) is 1. The SMILES string of the molecule is COc1cccc(-n2c(/C=C3/C(=O)Nc4ccc(C)cc43)nc3ccccc3c2=O)c1. The third-order valence-electron chi connectivity index (χ3n) is 5.34. The molecule has 152 valence electrons. The molecule has 3 aromatic carbocycles. The molecule has 0 unspecified atom stereocenters. The lowest BCUT2D eigenvalue weighted by Gasteiger charge is -2.13. The van der Waals surface area contributed by atoms with Crippen molar-refractivity contribution in [2.24, 2.45) is 0 Å². The van der Waals surface area contributed by atoms with Crippen molar-refractivity contribution in [3.8, 4) is 11.4 Å². The molecule has 0 bridgehead atoms. The molecule has 0 atom stereocenters. The Morgan fingerprint density at radius 1 is 1.00 bits per heavy atom. The fourth-order valence-electron chi connectivity index (χ4n) is 3.82. The molecule has 0 radical (unpaired) electrons. The number of nitrogens with zero attached hydrogens (tertiary/aromatic N) is 2. The van der Waals surface area contributed by atoms with Crippen LogP contribution in [0.4, 0.5) is 5.69 Å². The highest BCUT2D eigenvalue weighted by Gasteiger charge is 2.25. The zero-order valence-corrected chi connectivity index (χ0v) is 17.0. The highest BCUT2D eigenvalue weighted by Crippen LogP contribution is 2.34. The van der Waals surface area contributed by atoms with E-state index in [4.69, 9.17) is 9.72 Å². The average Bonchev–Trinajstić information content (AvgIpc) is 3.08. The third kappa shape index (κ3) is 3.18. The van der Waals surface area contributed by atoms with E-state index in [1.165, 1.54) is 4.57 Å². The topological polar surface area (TPSA) is 73.2 Å². The second kappa shape index (κ2) is 7.25. The number of rotatable bonds is 3. The molecule has 0 saturated heterocycles. The van der Waals surface area contributed by atoms with Gasteiger partial charge >= 0.3 is 0 Å². The molecule has 1 aromatic heterocycles. The largest absolute Gasteiger partial charge is 0.497 e. The van der Waals surface area contributed by atoms with E-state index in [0.29, 0.717) is 33.7 Å². The Labute approximate surface area is 178 Å². The van der Waals surface area contributed by atoms with Gasteiger partial charge in [0.05, 0.1) is 29.3 Å². The Morgan fingerprint density at radius 3 is 2.68 bits per heavy atom. The van der Waals surface area contributed by atoms with Crippen LogP contribution < -0.4 is 15.6 Å². The first-order valence-electron chi connectivity index (χ1n) is 9.85. The number of anilines is 1. The van der Waals surface area contributed by atoms with Gasteiger partial charge in [-0.3, -0.25) is 14.2 Å². The van der Waals surface area contributed by atoms with Crippen molar-refractivity contribution in [2.75, 3.05) is 12.4 Å². The van der Waals surface area contributed by atoms with Crippen molar-refractivity contribution in [2.45, 2.75) is 6.92 Å². The highest BCUT2D eigenvalue weighted by molar-refractivity contribution is 6.34. The molecule has 0 aliphatic carbocycles. The quantitative estimate of drug-likeness (QED) is 0.515. The lowest BCUT2D eigenvalue weighted by molar-refractivity contribution is -0.110. The number of nitrogens with one attached hydrogen (secondary N) is 1. The predicted molar refractivity (Wildman–Crippen MR) is 122 cm³/mol. The highest BCUT2D eigenvalue weighted by atomic mass is 16.5. The summed E-state index contributed by atoms with van der Waals surface area (Å²) in [5, 5.41) is 3.38. The summed E-state index contributed by atoms with van der Waals surface area (Å²) in [6.07, 6.45) is 1.67. The number of para-hydroxylation sites is 1. The molecule has 1 aliphatic heterocycles. The zero-order chi connectivity index (χ0) is 21.5. The minimum absolute atomic E-state index is 0.214. The van der Waals surface area contributed by atoms with Crippen molar-refractivity contribution >= 4 is 34.1 Å². The van der Waals surface area contributed by atoms with Gasteiger partial charge in [0.2, 0.25) is 0 Å². The van der Waals surface area contributed by atoms with Gasteiger partial charge in [-0.1, -0.05) is 29.8 Å². The number of fused-ring (bicyclic) bond motifs is 2. The molecule has 0 saturated carbocycles. The summed E-state index contributed by atoms with van der Waals surface area (Å²) in [4.78, 5) is 30.9. The molecule has 0 spiro atoms. The molecular weight excluding hydrogens is 390 g/mol. The summed E-state index contributed by atoms with van der Waals surface area (Å²) in [6, 6.07) is 20.2. The van der Waals surface area contributed by atoms with Crippen LogP contribution >= 0.6 is 0 Å². The van der Waals surface area contributed by atoms with E-state index >= 15 is 0 Å². The normalized spacial score (nSPS) is 14.0. The maximum atomic E-state index is 13.5. The van der Waals surface area contributed by atoms with Gasteiger partial charge in [0.25, 0.3) is 11.5 Å². The maximum Gasteiger partial charge on any atom is 0.266 e. The van der Waals surface area contributed by atoms with Crippen LogP contribution in [0.3, 0.4) is 0 Å². The summed E-state index contributed by atoms with van der Waals surface area (Å²) in [5.41, 5.74) is 4.02. The number of carbonyl (C=O) groups is 1.